The largest absolute Gasteiger partial charge is 0.351 e. The number of carbonyl (C=O) groups excluding carboxylic acids is 1. The third-order valence-corrected chi connectivity index (χ3v) is 4.30. The molecule has 1 amide bonds. The molecule has 6 heteroatoms. The first-order chi connectivity index (χ1) is 11.1. The van der Waals surface area contributed by atoms with Gasteiger partial charge < -0.3 is 14.5 Å². The Morgan fingerprint density at radius 1 is 1.39 bits per heavy atom. The van der Waals surface area contributed by atoms with Crippen molar-refractivity contribution in [1.82, 2.24) is 19.4 Å². The predicted molar refractivity (Wildman–Crippen MR) is 91.8 cm³/mol. The Balaban J connectivity index is 1.71. The molecule has 0 saturated heterocycles. The molecule has 120 valence electrons. The number of imidazole rings is 1. The fourth-order valence-corrected chi connectivity index (χ4v) is 3.06. The highest BCUT2D eigenvalue weighted by Crippen LogP contribution is 2.27. The van der Waals surface area contributed by atoms with Crippen LogP contribution in [0.25, 0.3) is 10.9 Å². The molecule has 2 heterocycles. The Labute approximate surface area is 139 Å². The van der Waals surface area contributed by atoms with E-state index in [1.165, 1.54) is 0 Å². The number of nitrogens with zero attached hydrogens (tertiary/aromatic N) is 3. The quantitative estimate of drug-likeness (QED) is 0.731. The second-order valence-electron chi connectivity index (χ2n) is 5.60. The first-order valence-electron chi connectivity index (χ1n) is 7.56. The van der Waals surface area contributed by atoms with Crippen LogP contribution in [0.15, 0.2) is 36.9 Å². The number of hydrogen-bond donors (Lipinski definition) is 1. The molecule has 0 aliphatic carbocycles. The first-order valence-corrected chi connectivity index (χ1v) is 7.94. The molecule has 0 saturated carbocycles. The van der Waals surface area contributed by atoms with E-state index in [0.717, 1.165) is 29.4 Å². The summed E-state index contributed by atoms with van der Waals surface area (Å²) in [6, 6.07) is 5.69. The van der Waals surface area contributed by atoms with E-state index in [-0.39, 0.29) is 5.91 Å². The maximum atomic E-state index is 12.5. The van der Waals surface area contributed by atoms with Gasteiger partial charge in [0.25, 0.3) is 5.91 Å². The minimum atomic E-state index is -0.0528. The average Bonchev–Trinajstić information content (AvgIpc) is 3.12. The van der Waals surface area contributed by atoms with Gasteiger partial charge in [-0.2, -0.15) is 0 Å². The number of amides is 1. The van der Waals surface area contributed by atoms with Gasteiger partial charge in [0.1, 0.15) is 5.69 Å². The SMILES string of the molecule is Cc1c(C(=O)NCCCn2ccnc2)n(C)c2ccc(Cl)cc12. The zero-order valence-corrected chi connectivity index (χ0v) is 14.0. The number of carbonyl (C=O) groups is 1. The molecule has 0 aliphatic heterocycles. The third kappa shape index (κ3) is 3.10. The van der Waals surface area contributed by atoms with Crippen molar-refractivity contribution in [1.29, 1.82) is 0 Å². The number of aryl methyl sites for hydroxylation is 3. The van der Waals surface area contributed by atoms with Gasteiger partial charge in [0.2, 0.25) is 0 Å². The predicted octanol–water partition coefficient (Wildman–Crippen LogP) is 3.16. The molecule has 0 bridgehead atoms. The fraction of sp³-hybridized carbons (Fsp3) is 0.294. The fourth-order valence-electron chi connectivity index (χ4n) is 2.89. The van der Waals surface area contributed by atoms with Crippen LogP contribution >= 0.6 is 11.6 Å². The summed E-state index contributed by atoms with van der Waals surface area (Å²) in [4.78, 5) is 16.5. The lowest BCUT2D eigenvalue weighted by Gasteiger charge is -2.08. The number of hydrogen-bond acceptors (Lipinski definition) is 2. The van der Waals surface area contributed by atoms with Crippen molar-refractivity contribution in [2.24, 2.45) is 7.05 Å². The number of fused-ring (bicyclic) bond motifs is 1. The molecular formula is C17H19ClN4O. The molecular weight excluding hydrogens is 312 g/mol. The summed E-state index contributed by atoms with van der Waals surface area (Å²) in [5.41, 5.74) is 2.65. The van der Waals surface area contributed by atoms with E-state index in [0.29, 0.717) is 17.3 Å². The summed E-state index contributed by atoms with van der Waals surface area (Å²) in [6.07, 6.45) is 6.30. The van der Waals surface area contributed by atoms with Crippen molar-refractivity contribution in [2.75, 3.05) is 6.54 Å². The molecule has 2 aromatic heterocycles. The van der Waals surface area contributed by atoms with Gasteiger partial charge in [0.05, 0.1) is 6.33 Å². The third-order valence-electron chi connectivity index (χ3n) is 4.07. The Bertz CT molecular complexity index is 836. The van der Waals surface area contributed by atoms with Gasteiger partial charge in [-0.1, -0.05) is 11.6 Å². The van der Waals surface area contributed by atoms with Crippen LogP contribution < -0.4 is 5.32 Å². The number of nitrogens with one attached hydrogen (secondary N) is 1. The van der Waals surface area contributed by atoms with E-state index < -0.39 is 0 Å². The van der Waals surface area contributed by atoms with Gasteiger partial charge in [0, 0.05) is 48.5 Å². The zero-order chi connectivity index (χ0) is 16.4. The van der Waals surface area contributed by atoms with Crippen LogP contribution in [0.3, 0.4) is 0 Å². The minimum absolute atomic E-state index is 0.0528. The number of halogens is 1. The highest BCUT2D eigenvalue weighted by Gasteiger charge is 2.18. The topological polar surface area (TPSA) is 51.9 Å². The molecule has 1 N–H and O–H groups in total. The molecule has 0 aliphatic rings. The molecule has 0 radical (unpaired) electrons. The van der Waals surface area contributed by atoms with Gasteiger partial charge in [-0.15, -0.1) is 0 Å². The van der Waals surface area contributed by atoms with E-state index >= 15 is 0 Å². The maximum Gasteiger partial charge on any atom is 0.268 e. The standard InChI is InChI=1S/C17H19ClN4O/c1-12-14-10-13(18)4-5-15(14)21(2)16(12)17(23)20-6-3-8-22-9-7-19-11-22/h4-5,7,9-11H,3,6,8H2,1-2H3,(H,20,23). The number of benzene rings is 1. The Morgan fingerprint density at radius 2 is 2.22 bits per heavy atom. The van der Waals surface area contributed by atoms with Crippen molar-refractivity contribution in [2.45, 2.75) is 19.9 Å². The zero-order valence-electron chi connectivity index (χ0n) is 13.2. The molecule has 5 nitrogen and oxygen atoms in total. The van der Waals surface area contributed by atoms with Gasteiger partial charge in [0.15, 0.2) is 0 Å². The van der Waals surface area contributed by atoms with Crippen LogP contribution in [0.1, 0.15) is 22.5 Å². The molecule has 0 fully saturated rings. The van der Waals surface area contributed by atoms with Crippen LogP contribution in [-0.2, 0) is 13.6 Å². The minimum Gasteiger partial charge on any atom is -0.351 e. The highest BCUT2D eigenvalue weighted by atomic mass is 35.5. The summed E-state index contributed by atoms with van der Waals surface area (Å²) < 4.78 is 3.92. The van der Waals surface area contributed by atoms with Crippen LogP contribution in [0, 0.1) is 6.92 Å². The highest BCUT2D eigenvalue weighted by molar-refractivity contribution is 6.31. The van der Waals surface area contributed by atoms with Crippen molar-refractivity contribution in [3.63, 3.8) is 0 Å². The van der Waals surface area contributed by atoms with E-state index in [2.05, 4.69) is 10.3 Å². The Hall–Kier alpha value is -2.27. The van der Waals surface area contributed by atoms with Gasteiger partial charge in [-0.05, 0) is 37.1 Å². The van der Waals surface area contributed by atoms with E-state index in [1.54, 1.807) is 12.5 Å². The molecule has 1 aromatic carbocycles. The molecule has 0 unspecified atom stereocenters. The second-order valence-corrected chi connectivity index (χ2v) is 6.04. The van der Waals surface area contributed by atoms with Crippen LogP contribution in [0.4, 0.5) is 0 Å². The molecule has 0 atom stereocenters. The van der Waals surface area contributed by atoms with Crippen molar-refractivity contribution >= 4 is 28.4 Å². The summed E-state index contributed by atoms with van der Waals surface area (Å²) in [5.74, 6) is -0.0528. The summed E-state index contributed by atoms with van der Waals surface area (Å²) in [5, 5.41) is 4.69. The monoisotopic (exact) mass is 330 g/mol. The molecule has 3 aromatic rings. The first kappa shape index (κ1) is 15.6. The lowest BCUT2D eigenvalue weighted by atomic mass is 10.1. The lowest BCUT2D eigenvalue weighted by molar-refractivity contribution is 0.0944. The number of aromatic nitrogens is 3. The van der Waals surface area contributed by atoms with Gasteiger partial charge in [-0.3, -0.25) is 4.79 Å². The molecule has 0 spiro atoms. The van der Waals surface area contributed by atoms with Crippen LogP contribution in [0.5, 0.6) is 0 Å². The maximum absolute atomic E-state index is 12.5. The van der Waals surface area contributed by atoms with Crippen LogP contribution in [0.2, 0.25) is 5.02 Å². The summed E-state index contributed by atoms with van der Waals surface area (Å²) in [7, 11) is 1.91. The summed E-state index contributed by atoms with van der Waals surface area (Å²) in [6.45, 7) is 3.42. The average molecular weight is 331 g/mol. The van der Waals surface area contributed by atoms with E-state index in [4.69, 9.17) is 11.6 Å². The van der Waals surface area contributed by atoms with E-state index in [9.17, 15) is 4.79 Å². The molecule has 3 rings (SSSR count). The van der Waals surface area contributed by atoms with Crippen LogP contribution in [-0.4, -0.2) is 26.6 Å². The van der Waals surface area contributed by atoms with Gasteiger partial charge in [-0.25, -0.2) is 4.98 Å². The number of rotatable bonds is 5. The lowest BCUT2D eigenvalue weighted by Crippen LogP contribution is -2.27. The normalized spacial score (nSPS) is 11.1. The Kier molecular flexibility index (Phi) is 4.39. The summed E-state index contributed by atoms with van der Waals surface area (Å²) >= 11 is 6.07. The van der Waals surface area contributed by atoms with Crippen molar-refractivity contribution < 1.29 is 4.79 Å². The van der Waals surface area contributed by atoms with Gasteiger partial charge >= 0.3 is 0 Å². The Morgan fingerprint density at radius 3 is 2.96 bits per heavy atom. The van der Waals surface area contributed by atoms with Crippen molar-refractivity contribution in [3.8, 4) is 0 Å². The van der Waals surface area contributed by atoms with Crippen molar-refractivity contribution in [3.05, 3.63) is 53.2 Å². The van der Waals surface area contributed by atoms with E-state index in [1.807, 2.05) is 47.5 Å². The smallest absolute Gasteiger partial charge is 0.268 e. The molecule has 23 heavy (non-hydrogen) atoms. The second kappa shape index (κ2) is 6.46.